The Morgan fingerprint density at radius 3 is 2.28 bits per heavy atom. The fraction of sp³-hybridized carbons (Fsp3) is 0.381. The SMILES string of the molecule is O=C(Cc1ccccc1)NCc1ccc(CN2CCC(O)CC2)cc1. The molecule has 0 spiro atoms. The van der Waals surface area contributed by atoms with Gasteiger partial charge in [0.2, 0.25) is 5.91 Å². The van der Waals surface area contributed by atoms with E-state index in [1.165, 1.54) is 5.56 Å². The Labute approximate surface area is 149 Å². The highest BCUT2D eigenvalue weighted by atomic mass is 16.3. The lowest BCUT2D eigenvalue weighted by atomic mass is 10.1. The maximum absolute atomic E-state index is 12.0. The molecule has 1 aliphatic heterocycles. The second-order valence-electron chi connectivity index (χ2n) is 6.76. The van der Waals surface area contributed by atoms with Crippen LogP contribution in [0.4, 0.5) is 0 Å². The Kier molecular flexibility index (Phi) is 6.20. The Morgan fingerprint density at radius 1 is 0.960 bits per heavy atom. The van der Waals surface area contributed by atoms with Gasteiger partial charge in [0.1, 0.15) is 0 Å². The molecule has 4 nitrogen and oxygen atoms in total. The Morgan fingerprint density at radius 2 is 1.60 bits per heavy atom. The van der Waals surface area contributed by atoms with E-state index in [0.29, 0.717) is 13.0 Å². The number of carbonyl (C=O) groups excluding carboxylic acids is 1. The van der Waals surface area contributed by atoms with E-state index in [4.69, 9.17) is 0 Å². The van der Waals surface area contributed by atoms with Crippen molar-refractivity contribution < 1.29 is 9.90 Å². The average Bonchev–Trinajstić information content (AvgIpc) is 2.64. The minimum atomic E-state index is -0.127. The molecule has 2 aromatic carbocycles. The largest absolute Gasteiger partial charge is 0.393 e. The van der Waals surface area contributed by atoms with Gasteiger partial charge in [-0.3, -0.25) is 9.69 Å². The zero-order valence-electron chi connectivity index (χ0n) is 14.5. The fourth-order valence-corrected chi connectivity index (χ4v) is 3.14. The molecule has 1 heterocycles. The van der Waals surface area contributed by atoms with Crippen LogP contribution in [-0.2, 0) is 24.3 Å². The van der Waals surface area contributed by atoms with Gasteiger partial charge in [-0.25, -0.2) is 0 Å². The Hall–Kier alpha value is -2.17. The summed E-state index contributed by atoms with van der Waals surface area (Å²) in [5, 5.41) is 12.5. The summed E-state index contributed by atoms with van der Waals surface area (Å²) in [5.74, 6) is 0.0437. The number of rotatable bonds is 6. The Bertz CT molecular complexity index is 662. The minimum absolute atomic E-state index is 0.0437. The van der Waals surface area contributed by atoms with E-state index in [0.717, 1.165) is 43.6 Å². The molecule has 3 rings (SSSR count). The summed E-state index contributed by atoms with van der Waals surface area (Å²) in [6, 6.07) is 18.2. The third kappa shape index (κ3) is 5.69. The van der Waals surface area contributed by atoms with Crippen molar-refractivity contribution in [3.05, 3.63) is 71.3 Å². The van der Waals surface area contributed by atoms with Crippen LogP contribution in [-0.4, -0.2) is 35.1 Å². The van der Waals surface area contributed by atoms with Crippen molar-refractivity contribution in [2.45, 2.75) is 38.5 Å². The van der Waals surface area contributed by atoms with E-state index >= 15 is 0 Å². The predicted molar refractivity (Wildman–Crippen MR) is 99.0 cm³/mol. The van der Waals surface area contributed by atoms with Crippen molar-refractivity contribution in [2.24, 2.45) is 0 Å². The highest BCUT2D eigenvalue weighted by Gasteiger charge is 2.16. The van der Waals surface area contributed by atoms with E-state index in [1.54, 1.807) is 0 Å². The lowest BCUT2D eigenvalue weighted by molar-refractivity contribution is -0.120. The van der Waals surface area contributed by atoms with Crippen LogP contribution in [0.2, 0.25) is 0 Å². The van der Waals surface area contributed by atoms with Crippen LogP contribution in [0.1, 0.15) is 29.5 Å². The highest BCUT2D eigenvalue weighted by Crippen LogP contribution is 2.14. The second-order valence-corrected chi connectivity index (χ2v) is 6.76. The molecule has 0 atom stereocenters. The van der Waals surface area contributed by atoms with Crippen molar-refractivity contribution in [3.8, 4) is 0 Å². The number of piperidine rings is 1. The monoisotopic (exact) mass is 338 g/mol. The van der Waals surface area contributed by atoms with Gasteiger partial charge in [-0.2, -0.15) is 0 Å². The molecular weight excluding hydrogens is 312 g/mol. The quantitative estimate of drug-likeness (QED) is 0.851. The summed E-state index contributed by atoms with van der Waals surface area (Å²) in [6.45, 7) is 3.39. The molecule has 1 aliphatic rings. The summed E-state index contributed by atoms with van der Waals surface area (Å²) >= 11 is 0. The summed E-state index contributed by atoms with van der Waals surface area (Å²) in [5.41, 5.74) is 3.41. The number of benzene rings is 2. The van der Waals surface area contributed by atoms with Crippen molar-refractivity contribution in [1.82, 2.24) is 10.2 Å². The van der Waals surface area contributed by atoms with Crippen LogP contribution in [0.3, 0.4) is 0 Å². The first-order valence-electron chi connectivity index (χ1n) is 8.98. The molecule has 0 bridgehead atoms. The first-order chi connectivity index (χ1) is 12.2. The maximum atomic E-state index is 12.0. The van der Waals surface area contributed by atoms with E-state index in [9.17, 15) is 9.90 Å². The summed E-state index contributed by atoms with van der Waals surface area (Å²) in [7, 11) is 0. The molecule has 2 N–H and O–H groups in total. The van der Waals surface area contributed by atoms with E-state index in [1.807, 2.05) is 30.3 Å². The van der Waals surface area contributed by atoms with Crippen LogP contribution in [0.25, 0.3) is 0 Å². The maximum Gasteiger partial charge on any atom is 0.224 e. The summed E-state index contributed by atoms with van der Waals surface area (Å²) < 4.78 is 0. The first kappa shape index (κ1) is 17.6. The van der Waals surface area contributed by atoms with Gasteiger partial charge in [0.25, 0.3) is 0 Å². The van der Waals surface area contributed by atoms with E-state index < -0.39 is 0 Å². The molecule has 132 valence electrons. The topological polar surface area (TPSA) is 52.6 Å². The summed E-state index contributed by atoms with van der Waals surface area (Å²) in [4.78, 5) is 14.4. The molecular formula is C21H26N2O2. The van der Waals surface area contributed by atoms with Crippen LogP contribution in [0.15, 0.2) is 54.6 Å². The normalized spacial score (nSPS) is 15.9. The predicted octanol–water partition coefficient (Wildman–Crippen LogP) is 2.50. The molecule has 1 amide bonds. The molecule has 1 saturated heterocycles. The van der Waals surface area contributed by atoms with E-state index in [-0.39, 0.29) is 12.0 Å². The molecule has 0 unspecified atom stereocenters. The van der Waals surface area contributed by atoms with Crippen LogP contribution >= 0.6 is 0 Å². The smallest absolute Gasteiger partial charge is 0.224 e. The van der Waals surface area contributed by atoms with Crippen molar-refractivity contribution >= 4 is 5.91 Å². The van der Waals surface area contributed by atoms with Crippen molar-refractivity contribution in [1.29, 1.82) is 0 Å². The number of hydrogen-bond donors (Lipinski definition) is 2. The third-order valence-corrected chi connectivity index (χ3v) is 4.68. The number of aliphatic hydroxyl groups is 1. The van der Waals surface area contributed by atoms with Gasteiger partial charge >= 0.3 is 0 Å². The standard InChI is InChI=1S/C21H26N2O2/c24-20-10-12-23(13-11-20)16-19-8-6-18(7-9-19)15-22-21(25)14-17-4-2-1-3-5-17/h1-9,20,24H,10-16H2,(H,22,25). The third-order valence-electron chi connectivity index (χ3n) is 4.68. The fourth-order valence-electron chi connectivity index (χ4n) is 3.14. The lowest BCUT2D eigenvalue weighted by Crippen LogP contribution is -2.35. The van der Waals surface area contributed by atoms with Crippen molar-refractivity contribution in [2.75, 3.05) is 13.1 Å². The number of nitrogens with one attached hydrogen (secondary N) is 1. The van der Waals surface area contributed by atoms with Gasteiger partial charge in [-0.05, 0) is 29.5 Å². The van der Waals surface area contributed by atoms with Gasteiger partial charge in [0, 0.05) is 26.2 Å². The second kappa shape index (κ2) is 8.79. The number of amides is 1. The molecule has 1 fully saturated rings. The van der Waals surface area contributed by atoms with Gasteiger partial charge in [-0.15, -0.1) is 0 Å². The van der Waals surface area contributed by atoms with Crippen LogP contribution in [0.5, 0.6) is 0 Å². The highest BCUT2D eigenvalue weighted by molar-refractivity contribution is 5.78. The number of nitrogens with zero attached hydrogens (tertiary/aromatic N) is 1. The number of aliphatic hydroxyl groups excluding tert-OH is 1. The van der Waals surface area contributed by atoms with Gasteiger partial charge in [-0.1, -0.05) is 54.6 Å². The lowest BCUT2D eigenvalue weighted by Gasteiger charge is -2.29. The number of carbonyl (C=O) groups is 1. The average molecular weight is 338 g/mol. The number of likely N-dealkylation sites (tertiary alicyclic amines) is 1. The first-order valence-corrected chi connectivity index (χ1v) is 8.98. The molecule has 0 aromatic heterocycles. The zero-order chi connectivity index (χ0) is 17.5. The van der Waals surface area contributed by atoms with Crippen LogP contribution < -0.4 is 5.32 Å². The van der Waals surface area contributed by atoms with Gasteiger partial charge < -0.3 is 10.4 Å². The molecule has 25 heavy (non-hydrogen) atoms. The number of hydrogen-bond acceptors (Lipinski definition) is 3. The molecule has 2 aromatic rings. The van der Waals surface area contributed by atoms with Crippen molar-refractivity contribution in [3.63, 3.8) is 0 Å². The van der Waals surface area contributed by atoms with E-state index in [2.05, 4.69) is 34.5 Å². The molecule has 0 radical (unpaired) electrons. The molecule has 0 saturated carbocycles. The minimum Gasteiger partial charge on any atom is -0.393 e. The van der Waals surface area contributed by atoms with Crippen LogP contribution in [0, 0.1) is 0 Å². The summed E-state index contributed by atoms with van der Waals surface area (Å²) in [6.07, 6.45) is 2.02. The Balaban J connectivity index is 1.43. The van der Waals surface area contributed by atoms with Gasteiger partial charge in [0.05, 0.1) is 12.5 Å². The zero-order valence-corrected chi connectivity index (χ0v) is 14.5. The van der Waals surface area contributed by atoms with Gasteiger partial charge in [0.15, 0.2) is 0 Å². The molecule has 4 heteroatoms. The molecule has 0 aliphatic carbocycles.